The summed E-state index contributed by atoms with van der Waals surface area (Å²) in [4.78, 5) is 50.7. The normalized spacial score (nSPS) is 14.6. The summed E-state index contributed by atoms with van der Waals surface area (Å²) >= 11 is 15.4. The Bertz CT molecular complexity index is 1390. The summed E-state index contributed by atoms with van der Waals surface area (Å²) in [5.41, 5.74) is 1.04. The average Bonchev–Trinajstić information content (AvgIpc) is 2.84. The van der Waals surface area contributed by atoms with Gasteiger partial charge in [0, 0.05) is 15.2 Å². The van der Waals surface area contributed by atoms with Gasteiger partial charge in [0.1, 0.15) is 11.3 Å². The quantitative estimate of drug-likeness (QED) is 0.295. The van der Waals surface area contributed by atoms with E-state index in [1.807, 2.05) is 0 Å². The lowest BCUT2D eigenvalue weighted by Gasteiger charge is -2.26. The second-order valence-electron chi connectivity index (χ2n) is 7.47. The molecule has 36 heavy (non-hydrogen) atoms. The monoisotopic (exact) mass is 587 g/mol. The maximum atomic E-state index is 13.0. The second-order valence-corrected chi connectivity index (χ2v) is 9.23. The van der Waals surface area contributed by atoms with Crippen LogP contribution in [-0.2, 0) is 14.4 Å². The van der Waals surface area contributed by atoms with Gasteiger partial charge in [-0.2, -0.15) is 0 Å². The van der Waals surface area contributed by atoms with E-state index in [0.717, 1.165) is 9.37 Å². The number of barbiturate groups is 1. The fourth-order valence-electron chi connectivity index (χ4n) is 3.25. The summed E-state index contributed by atoms with van der Waals surface area (Å²) in [7, 11) is 0. The van der Waals surface area contributed by atoms with Gasteiger partial charge in [-0.1, -0.05) is 45.2 Å². The fraction of sp³-hybridized carbons (Fsp3) is 0.0400. The van der Waals surface area contributed by atoms with Crippen molar-refractivity contribution >= 4 is 80.3 Å². The SMILES string of the molecule is O=C(COc1ccc(/C=C2\C(=O)NC(=O)N(c3ccc(Br)cc3)C2=O)cc1Cl)Nc1ccc(Cl)cc1. The minimum absolute atomic E-state index is 0.160. The molecule has 1 aliphatic heterocycles. The highest BCUT2D eigenvalue weighted by Gasteiger charge is 2.36. The van der Waals surface area contributed by atoms with Gasteiger partial charge in [0.15, 0.2) is 6.61 Å². The van der Waals surface area contributed by atoms with Gasteiger partial charge in [-0.15, -0.1) is 0 Å². The fourth-order valence-corrected chi connectivity index (χ4v) is 3.88. The Hall–Kier alpha value is -3.66. The number of amides is 5. The lowest BCUT2D eigenvalue weighted by atomic mass is 10.1. The zero-order valence-electron chi connectivity index (χ0n) is 18.3. The molecule has 0 aromatic heterocycles. The molecule has 1 saturated heterocycles. The van der Waals surface area contributed by atoms with E-state index >= 15 is 0 Å². The number of hydrogen-bond acceptors (Lipinski definition) is 5. The van der Waals surface area contributed by atoms with Crippen LogP contribution in [0.3, 0.4) is 0 Å². The first-order valence-corrected chi connectivity index (χ1v) is 11.9. The van der Waals surface area contributed by atoms with E-state index in [1.165, 1.54) is 18.2 Å². The van der Waals surface area contributed by atoms with Crippen LogP contribution < -0.4 is 20.3 Å². The van der Waals surface area contributed by atoms with E-state index in [-0.39, 0.29) is 23.0 Å². The summed E-state index contributed by atoms with van der Waals surface area (Å²) < 4.78 is 6.25. The smallest absolute Gasteiger partial charge is 0.335 e. The number of ether oxygens (including phenoxy) is 1. The van der Waals surface area contributed by atoms with Crippen LogP contribution in [0.15, 0.2) is 76.8 Å². The highest BCUT2D eigenvalue weighted by atomic mass is 79.9. The first-order chi connectivity index (χ1) is 17.2. The molecule has 3 aromatic rings. The van der Waals surface area contributed by atoms with Crippen molar-refractivity contribution in [2.45, 2.75) is 0 Å². The Balaban J connectivity index is 1.47. The molecule has 0 radical (unpaired) electrons. The van der Waals surface area contributed by atoms with Crippen LogP contribution in [0.1, 0.15) is 5.56 Å². The third-order valence-corrected chi connectivity index (χ3v) is 6.02. The highest BCUT2D eigenvalue weighted by Crippen LogP contribution is 2.28. The maximum absolute atomic E-state index is 13.0. The molecule has 0 atom stereocenters. The van der Waals surface area contributed by atoms with Gasteiger partial charge in [-0.05, 0) is 72.3 Å². The molecule has 4 rings (SSSR count). The maximum Gasteiger partial charge on any atom is 0.335 e. The van der Waals surface area contributed by atoms with Gasteiger partial charge in [0.25, 0.3) is 17.7 Å². The standard InChI is InChI=1S/C25H16BrCl2N3O5/c26-15-2-8-18(9-3-15)31-24(34)19(23(33)30-25(31)35)11-14-1-10-21(20(28)12-14)36-13-22(32)29-17-6-4-16(27)5-7-17/h1-12H,13H2,(H,29,32)(H,30,33,35)/b19-11+. The van der Waals surface area contributed by atoms with Crippen LogP contribution in [0.2, 0.25) is 10.0 Å². The number of carbonyl (C=O) groups excluding carboxylic acids is 4. The Morgan fingerprint density at radius 3 is 2.36 bits per heavy atom. The summed E-state index contributed by atoms with van der Waals surface area (Å²) in [5.74, 6) is -1.77. The van der Waals surface area contributed by atoms with E-state index < -0.39 is 23.8 Å². The van der Waals surface area contributed by atoms with Crippen molar-refractivity contribution in [3.63, 3.8) is 0 Å². The molecule has 1 fully saturated rings. The predicted molar refractivity (Wildman–Crippen MR) is 140 cm³/mol. The first kappa shape index (κ1) is 25.4. The summed E-state index contributed by atoms with van der Waals surface area (Å²) in [5, 5.41) is 5.54. The lowest BCUT2D eigenvalue weighted by Crippen LogP contribution is -2.54. The van der Waals surface area contributed by atoms with Crippen LogP contribution >= 0.6 is 39.1 Å². The molecule has 0 saturated carbocycles. The molecule has 0 bridgehead atoms. The third-order valence-electron chi connectivity index (χ3n) is 4.94. The minimum Gasteiger partial charge on any atom is -0.482 e. The van der Waals surface area contributed by atoms with Crippen LogP contribution in [0.25, 0.3) is 6.08 Å². The van der Waals surface area contributed by atoms with Crippen LogP contribution in [0.5, 0.6) is 5.75 Å². The minimum atomic E-state index is -0.844. The molecule has 0 aliphatic carbocycles. The highest BCUT2D eigenvalue weighted by molar-refractivity contribution is 9.10. The van der Waals surface area contributed by atoms with Gasteiger partial charge in [-0.3, -0.25) is 19.7 Å². The zero-order valence-corrected chi connectivity index (χ0v) is 21.4. The van der Waals surface area contributed by atoms with Crippen molar-refractivity contribution in [1.82, 2.24) is 5.32 Å². The molecule has 5 amide bonds. The molecule has 11 heteroatoms. The van der Waals surface area contributed by atoms with Crippen LogP contribution in [0, 0.1) is 0 Å². The zero-order chi connectivity index (χ0) is 25.8. The van der Waals surface area contributed by atoms with E-state index in [4.69, 9.17) is 27.9 Å². The predicted octanol–water partition coefficient (Wildman–Crippen LogP) is 5.44. The van der Waals surface area contributed by atoms with Gasteiger partial charge in [0.05, 0.1) is 10.7 Å². The Morgan fingerprint density at radius 1 is 1.00 bits per heavy atom. The second kappa shape index (κ2) is 10.9. The summed E-state index contributed by atoms with van der Waals surface area (Å²) in [6.45, 7) is -0.298. The summed E-state index contributed by atoms with van der Waals surface area (Å²) in [6, 6.07) is 16.8. The molecular weight excluding hydrogens is 573 g/mol. The van der Waals surface area contributed by atoms with E-state index in [1.54, 1.807) is 54.6 Å². The van der Waals surface area contributed by atoms with E-state index in [9.17, 15) is 19.2 Å². The molecule has 182 valence electrons. The Morgan fingerprint density at radius 2 is 1.69 bits per heavy atom. The molecule has 3 aromatic carbocycles. The van der Waals surface area contributed by atoms with Crippen molar-refractivity contribution < 1.29 is 23.9 Å². The van der Waals surface area contributed by atoms with Gasteiger partial charge < -0.3 is 10.1 Å². The third kappa shape index (κ3) is 5.93. The number of urea groups is 1. The first-order valence-electron chi connectivity index (χ1n) is 10.4. The molecule has 8 nitrogen and oxygen atoms in total. The van der Waals surface area contributed by atoms with E-state index in [2.05, 4.69) is 26.6 Å². The molecule has 2 N–H and O–H groups in total. The Kier molecular flexibility index (Phi) is 7.73. The number of anilines is 2. The number of hydrogen-bond donors (Lipinski definition) is 2. The van der Waals surface area contributed by atoms with Crippen molar-refractivity contribution in [1.29, 1.82) is 0 Å². The molecule has 1 heterocycles. The van der Waals surface area contributed by atoms with Crippen LogP contribution in [0.4, 0.5) is 16.2 Å². The number of rotatable bonds is 6. The van der Waals surface area contributed by atoms with E-state index in [0.29, 0.717) is 22.0 Å². The van der Waals surface area contributed by atoms with Crippen molar-refractivity contribution in [2.24, 2.45) is 0 Å². The number of imide groups is 2. The largest absolute Gasteiger partial charge is 0.482 e. The molecule has 1 aliphatic rings. The number of carbonyl (C=O) groups is 4. The average molecular weight is 589 g/mol. The number of benzene rings is 3. The van der Waals surface area contributed by atoms with Crippen molar-refractivity contribution in [2.75, 3.05) is 16.8 Å². The summed E-state index contributed by atoms with van der Waals surface area (Å²) in [6.07, 6.45) is 1.32. The number of nitrogens with zero attached hydrogens (tertiary/aromatic N) is 1. The number of nitrogens with one attached hydrogen (secondary N) is 2. The van der Waals surface area contributed by atoms with Crippen LogP contribution in [-0.4, -0.2) is 30.4 Å². The topological polar surface area (TPSA) is 105 Å². The molecule has 0 unspecified atom stereocenters. The van der Waals surface area contributed by atoms with Gasteiger partial charge in [-0.25, -0.2) is 9.69 Å². The van der Waals surface area contributed by atoms with Gasteiger partial charge >= 0.3 is 6.03 Å². The Labute approximate surface area is 223 Å². The molecular formula is C25H16BrCl2N3O5. The van der Waals surface area contributed by atoms with Crippen molar-refractivity contribution in [3.8, 4) is 5.75 Å². The molecule has 0 spiro atoms. The van der Waals surface area contributed by atoms with Gasteiger partial charge in [0.2, 0.25) is 0 Å². The lowest BCUT2D eigenvalue weighted by molar-refractivity contribution is -0.122. The van der Waals surface area contributed by atoms with Crippen molar-refractivity contribution in [3.05, 3.63) is 92.4 Å². The number of halogens is 3.